The number of hydrogen-bond donors (Lipinski definition) is 1. The summed E-state index contributed by atoms with van der Waals surface area (Å²) in [6, 6.07) is 5.82. The largest absolute Gasteiger partial charge is 0.496 e. The molecule has 0 aromatic heterocycles. The van der Waals surface area contributed by atoms with Gasteiger partial charge in [0.25, 0.3) is 0 Å². The Morgan fingerprint density at radius 3 is 2.57 bits per heavy atom. The summed E-state index contributed by atoms with van der Waals surface area (Å²) in [5, 5.41) is 4.24. The molecule has 21 heavy (non-hydrogen) atoms. The van der Waals surface area contributed by atoms with Crippen LogP contribution in [0.3, 0.4) is 0 Å². The topological polar surface area (TPSA) is 30.5 Å². The minimum atomic E-state index is 0.131. The van der Waals surface area contributed by atoms with Gasteiger partial charge in [-0.15, -0.1) is 0 Å². The van der Waals surface area contributed by atoms with Crippen LogP contribution in [0, 0.1) is 11.3 Å². The van der Waals surface area contributed by atoms with Gasteiger partial charge < -0.3 is 14.8 Å². The van der Waals surface area contributed by atoms with Crippen LogP contribution in [-0.4, -0.2) is 33.9 Å². The van der Waals surface area contributed by atoms with E-state index < -0.39 is 0 Å². The van der Waals surface area contributed by atoms with Crippen LogP contribution in [0.2, 0.25) is 5.02 Å². The Morgan fingerprint density at radius 1 is 1.29 bits per heavy atom. The summed E-state index contributed by atoms with van der Waals surface area (Å²) in [5.74, 6) is 1.44. The first kappa shape index (κ1) is 18.3. The van der Waals surface area contributed by atoms with Gasteiger partial charge in [0.1, 0.15) is 5.75 Å². The molecule has 0 fully saturated rings. The number of halogens is 1. The normalized spacial score (nSPS) is 14.2. The molecule has 4 heteroatoms. The molecular formula is C17H28ClNO2. The number of rotatable bonds is 9. The zero-order valence-corrected chi connectivity index (χ0v) is 14.6. The van der Waals surface area contributed by atoms with Crippen molar-refractivity contribution in [3.63, 3.8) is 0 Å². The number of ether oxygens (including phenoxy) is 2. The molecule has 0 radical (unpaired) electrons. The molecule has 0 bridgehead atoms. The molecule has 0 saturated heterocycles. The zero-order chi connectivity index (χ0) is 15.9. The Balaban J connectivity index is 2.84. The fourth-order valence-electron chi connectivity index (χ4n) is 2.34. The molecule has 1 atom stereocenters. The van der Waals surface area contributed by atoms with Crippen LogP contribution in [0.5, 0.6) is 5.75 Å². The van der Waals surface area contributed by atoms with Crippen LogP contribution < -0.4 is 10.1 Å². The number of benzene rings is 1. The average molecular weight is 314 g/mol. The Kier molecular flexibility index (Phi) is 7.50. The third kappa shape index (κ3) is 5.50. The average Bonchev–Trinajstić information content (AvgIpc) is 2.44. The highest BCUT2D eigenvalue weighted by Gasteiger charge is 2.29. The molecule has 1 unspecified atom stereocenters. The fraction of sp³-hybridized carbons (Fsp3) is 0.647. The van der Waals surface area contributed by atoms with Crippen molar-refractivity contribution in [1.82, 2.24) is 5.32 Å². The van der Waals surface area contributed by atoms with Gasteiger partial charge in [-0.3, -0.25) is 0 Å². The predicted octanol–water partition coefficient (Wildman–Crippen LogP) is 3.79. The van der Waals surface area contributed by atoms with E-state index in [2.05, 4.69) is 26.1 Å². The first-order chi connectivity index (χ1) is 9.92. The predicted molar refractivity (Wildman–Crippen MR) is 89.4 cm³/mol. The summed E-state index contributed by atoms with van der Waals surface area (Å²) in [6.07, 6.45) is 0.925. The molecule has 0 saturated carbocycles. The molecule has 1 aromatic rings. The third-order valence-corrected chi connectivity index (χ3v) is 4.48. The Labute approximate surface area is 134 Å². The lowest BCUT2D eigenvalue weighted by molar-refractivity contribution is 0.174. The zero-order valence-electron chi connectivity index (χ0n) is 13.8. The van der Waals surface area contributed by atoms with Gasteiger partial charge in [-0.25, -0.2) is 0 Å². The van der Waals surface area contributed by atoms with Crippen molar-refractivity contribution in [1.29, 1.82) is 0 Å². The van der Waals surface area contributed by atoms with Crippen LogP contribution in [0.15, 0.2) is 18.2 Å². The Morgan fingerprint density at radius 2 is 2.00 bits per heavy atom. The molecule has 1 rings (SSSR count). The molecule has 0 aliphatic carbocycles. The number of methoxy groups -OCH3 is 2. The summed E-state index contributed by atoms with van der Waals surface area (Å²) in [5.41, 5.74) is 1.29. The maximum Gasteiger partial charge on any atom is 0.122 e. The monoisotopic (exact) mass is 313 g/mol. The minimum Gasteiger partial charge on any atom is -0.496 e. The highest BCUT2D eigenvalue weighted by Crippen LogP contribution is 2.35. The standard InChI is InChI=1S/C17H28ClNO2/c1-13(2)17(3,12-19-8-9-20-4)11-14-10-15(18)6-7-16(14)21-5/h6-7,10,13,19H,8-9,11-12H2,1-5H3. The van der Waals surface area contributed by atoms with Crippen molar-refractivity contribution in [2.75, 3.05) is 33.9 Å². The van der Waals surface area contributed by atoms with Crippen molar-refractivity contribution in [2.45, 2.75) is 27.2 Å². The minimum absolute atomic E-state index is 0.131. The van der Waals surface area contributed by atoms with Gasteiger partial charge in [0.2, 0.25) is 0 Å². The van der Waals surface area contributed by atoms with Gasteiger partial charge in [-0.2, -0.15) is 0 Å². The second kappa shape index (κ2) is 8.62. The number of hydrogen-bond acceptors (Lipinski definition) is 3. The second-order valence-corrected chi connectivity index (χ2v) is 6.55. The maximum absolute atomic E-state index is 6.14. The quantitative estimate of drug-likeness (QED) is 0.704. The van der Waals surface area contributed by atoms with Crippen LogP contribution >= 0.6 is 11.6 Å². The maximum atomic E-state index is 6.14. The molecule has 0 heterocycles. The van der Waals surface area contributed by atoms with Gasteiger partial charge in [0.15, 0.2) is 0 Å². The van der Waals surface area contributed by atoms with Gasteiger partial charge in [-0.1, -0.05) is 32.4 Å². The summed E-state index contributed by atoms with van der Waals surface area (Å²) >= 11 is 6.14. The second-order valence-electron chi connectivity index (χ2n) is 6.11. The van der Waals surface area contributed by atoms with E-state index in [9.17, 15) is 0 Å². The highest BCUT2D eigenvalue weighted by atomic mass is 35.5. The van der Waals surface area contributed by atoms with Gasteiger partial charge >= 0.3 is 0 Å². The molecule has 120 valence electrons. The summed E-state index contributed by atoms with van der Waals surface area (Å²) < 4.78 is 10.6. The summed E-state index contributed by atoms with van der Waals surface area (Å²) in [4.78, 5) is 0. The molecule has 0 aliphatic rings. The van der Waals surface area contributed by atoms with E-state index in [0.717, 1.165) is 42.5 Å². The van der Waals surface area contributed by atoms with Crippen molar-refractivity contribution in [3.05, 3.63) is 28.8 Å². The van der Waals surface area contributed by atoms with Crippen LogP contribution in [0.25, 0.3) is 0 Å². The summed E-state index contributed by atoms with van der Waals surface area (Å²) in [6.45, 7) is 9.35. The van der Waals surface area contributed by atoms with Gasteiger partial charge in [0.05, 0.1) is 13.7 Å². The van der Waals surface area contributed by atoms with Crippen molar-refractivity contribution in [2.24, 2.45) is 11.3 Å². The molecule has 0 amide bonds. The van der Waals surface area contributed by atoms with Crippen molar-refractivity contribution >= 4 is 11.6 Å². The van der Waals surface area contributed by atoms with E-state index in [1.165, 1.54) is 0 Å². The lowest BCUT2D eigenvalue weighted by Crippen LogP contribution is -2.39. The molecular weight excluding hydrogens is 286 g/mol. The van der Waals surface area contributed by atoms with E-state index in [1.807, 2.05) is 18.2 Å². The van der Waals surface area contributed by atoms with E-state index in [0.29, 0.717) is 5.92 Å². The molecule has 0 aliphatic heterocycles. The smallest absolute Gasteiger partial charge is 0.122 e. The van der Waals surface area contributed by atoms with Crippen LogP contribution in [-0.2, 0) is 11.2 Å². The number of nitrogens with one attached hydrogen (secondary N) is 1. The van der Waals surface area contributed by atoms with Crippen LogP contribution in [0.1, 0.15) is 26.3 Å². The fourth-order valence-corrected chi connectivity index (χ4v) is 2.53. The highest BCUT2D eigenvalue weighted by molar-refractivity contribution is 6.30. The molecule has 1 aromatic carbocycles. The lowest BCUT2D eigenvalue weighted by Gasteiger charge is -2.35. The Bertz CT molecular complexity index is 437. The van der Waals surface area contributed by atoms with Gasteiger partial charge in [-0.05, 0) is 41.5 Å². The van der Waals surface area contributed by atoms with Gasteiger partial charge in [0, 0.05) is 25.2 Å². The SMILES string of the molecule is COCCNCC(C)(Cc1cc(Cl)ccc1OC)C(C)C. The third-order valence-electron chi connectivity index (χ3n) is 4.24. The molecule has 1 N–H and O–H groups in total. The molecule has 3 nitrogen and oxygen atoms in total. The van der Waals surface area contributed by atoms with Crippen molar-refractivity contribution in [3.8, 4) is 5.75 Å². The first-order valence-electron chi connectivity index (χ1n) is 7.45. The van der Waals surface area contributed by atoms with E-state index in [1.54, 1.807) is 14.2 Å². The first-order valence-corrected chi connectivity index (χ1v) is 7.83. The molecule has 0 spiro atoms. The van der Waals surface area contributed by atoms with Crippen molar-refractivity contribution < 1.29 is 9.47 Å². The Hall–Kier alpha value is -0.770. The van der Waals surface area contributed by atoms with E-state index in [-0.39, 0.29) is 5.41 Å². The van der Waals surface area contributed by atoms with E-state index in [4.69, 9.17) is 21.1 Å². The van der Waals surface area contributed by atoms with E-state index >= 15 is 0 Å². The van der Waals surface area contributed by atoms with Crippen LogP contribution in [0.4, 0.5) is 0 Å². The summed E-state index contributed by atoms with van der Waals surface area (Å²) in [7, 11) is 3.43. The lowest BCUT2D eigenvalue weighted by atomic mass is 9.74.